The molecular weight excluding hydrogens is 212 g/mol. The van der Waals surface area contributed by atoms with Crippen LogP contribution in [0.15, 0.2) is 23.6 Å². The van der Waals surface area contributed by atoms with Gasteiger partial charge in [0, 0.05) is 9.72 Å². The molecule has 74 valence electrons. The topological polar surface area (TPSA) is 0 Å². The van der Waals surface area contributed by atoms with Gasteiger partial charge in [0.15, 0.2) is 0 Å². The van der Waals surface area contributed by atoms with Crippen LogP contribution in [0.3, 0.4) is 0 Å². The van der Waals surface area contributed by atoms with Crippen molar-refractivity contribution in [3.8, 4) is 0 Å². The molecule has 0 fully saturated rings. The number of hydrogen-bond acceptors (Lipinski definition) is 1. The van der Waals surface area contributed by atoms with Crippen LogP contribution in [0.1, 0.15) is 25.3 Å². The summed E-state index contributed by atoms with van der Waals surface area (Å²) in [6.07, 6.45) is 3.69. The van der Waals surface area contributed by atoms with Gasteiger partial charge in [-0.3, -0.25) is 0 Å². The van der Waals surface area contributed by atoms with Crippen molar-refractivity contribution in [3.63, 3.8) is 0 Å². The Bertz CT molecular complexity index is 431. The average molecular weight is 225 g/mol. The zero-order valence-corrected chi connectivity index (χ0v) is 9.79. The molecule has 2 rings (SSSR count). The van der Waals surface area contributed by atoms with E-state index in [0.29, 0.717) is 0 Å². The maximum Gasteiger partial charge on any atom is 0.0413 e. The number of fused-ring (bicyclic) bond motifs is 1. The van der Waals surface area contributed by atoms with Gasteiger partial charge in [0.05, 0.1) is 0 Å². The van der Waals surface area contributed by atoms with Crippen LogP contribution in [-0.2, 0) is 6.42 Å². The first kappa shape index (κ1) is 10.0. The summed E-state index contributed by atoms with van der Waals surface area (Å²) < 4.78 is 1.35. The molecule has 0 nitrogen and oxygen atoms in total. The Kier molecular flexibility index (Phi) is 3.09. The van der Waals surface area contributed by atoms with Gasteiger partial charge in [-0.25, -0.2) is 0 Å². The number of halogens is 1. The highest BCUT2D eigenvalue weighted by Crippen LogP contribution is 2.29. The van der Waals surface area contributed by atoms with Crippen LogP contribution in [0, 0.1) is 0 Å². The van der Waals surface area contributed by atoms with E-state index in [1.54, 1.807) is 0 Å². The van der Waals surface area contributed by atoms with Crippen molar-refractivity contribution in [3.05, 3.63) is 34.2 Å². The van der Waals surface area contributed by atoms with E-state index in [2.05, 4.69) is 24.4 Å². The lowest BCUT2D eigenvalue weighted by atomic mass is 10.1. The highest BCUT2D eigenvalue weighted by Gasteiger charge is 2.03. The Balaban J connectivity index is 2.40. The van der Waals surface area contributed by atoms with Gasteiger partial charge in [0.1, 0.15) is 0 Å². The van der Waals surface area contributed by atoms with Gasteiger partial charge in [-0.05, 0) is 47.4 Å². The number of thiophene rings is 1. The summed E-state index contributed by atoms with van der Waals surface area (Å²) in [7, 11) is 0. The third-order valence-electron chi connectivity index (χ3n) is 2.42. The first-order valence-corrected chi connectivity index (χ1v) is 6.22. The third kappa shape index (κ3) is 1.94. The van der Waals surface area contributed by atoms with Crippen molar-refractivity contribution in [2.75, 3.05) is 0 Å². The second kappa shape index (κ2) is 4.33. The molecule has 2 aromatic rings. The number of benzene rings is 1. The summed E-state index contributed by atoms with van der Waals surface area (Å²) in [4.78, 5) is 0. The van der Waals surface area contributed by atoms with Crippen LogP contribution in [0.25, 0.3) is 10.1 Å². The molecule has 0 aliphatic rings. The van der Waals surface area contributed by atoms with Crippen molar-refractivity contribution in [1.82, 2.24) is 0 Å². The van der Waals surface area contributed by atoms with E-state index in [1.807, 2.05) is 17.4 Å². The van der Waals surface area contributed by atoms with Crippen LogP contribution in [-0.4, -0.2) is 0 Å². The summed E-state index contributed by atoms with van der Waals surface area (Å²) in [5, 5.41) is 4.45. The Labute approximate surface area is 93.5 Å². The molecule has 1 aromatic heterocycles. The van der Waals surface area contributed by atoms with Gasteiger partial charge in [-0.2, -0.15) is 0 Å². The van der Waals surface area contributed by atoms with E-state index in [9.17, 15) is 0 Å². The molecule has 1 heterocycles. The van der Waals surface area contributed by atoms with Crippen LogP contribution in [0.4, 0.5) is 0 Å². The molecule has 0 atom stereocenters. The minimum Gasteiger partial charge on any atom is -0.144 e. The Hall–Kier alpha value is -0.530. The van der Waals surface area contributed by atoms with Gasteiger partial charge in [-0.15, -0.1) is 11.3 Å². The first-order chi connectivity index (χ1) is 6.81. The molecule has 1 aromatic carbocycles. The van der Waals surface area contributed by atoms with Gasteiger partial charge in [-0.1, -0.05) is 24.9 Å². The summed E-state index contributed by atoms with van der Waals surface area (Å²) in [6.45, 7) is 2.22. The second-order valence-electron chi connectivity index (χ2n) is 3.50. The molecule has 0 spiro atoms. The standard InChI is InChI=1S/C12H13ClS/c1-2-3-4-9-8-14-12-6-5-10(13)7-11(9)12/h5-8H,2-4H2,1H3. The third-order valence-corrected chi connectivity index (χ3v) is 3.66. The van der Waals surface area contributed by atoms with Gasteiger partial charge in [0.25, 0.3) is 0 Å². The highest BCUT2D eigenvalue weighted by atomic mass is 35.5. The quantitative estimate of drug-likeness (QED) is 0.696. The van der Waals surface area contributed by atoms with Crippen molar-refractivity contribution >= 4 is 33.0 Å². The normalized spacial score (nSPS) is 11.0. The molecule has 0 aliphatic carbocycles. The SMILES string of the molecule is CCCCc1csc2ccc(Cl)cc12. The van der Waals surface area contributed by atoms with E-state index in [-0.39, 0.29) is 0 Å². The first-order valence-electron chi connectivity index (χ1n) is 4.97. The van der Waals surface area contributed by atoms with Crippen LogP contribution < -0.4 is 0 Å². The minimum absolute atomic E-state index is 0.841. The largest absolute Gasteiger partial charge is 0.144 e. The molecule has 0 bridgehead atoms. The molecular formula is C12H13ClS. The van der Waals surface area contributed by atoms with Crippen LogP contribution in [0.2, 0.25) is 5.02 Å². The van der Waals surface area contributed by atoms with Crippen molar-refractivity contribution < 1.29 is 0 Å². The monoisotopic (exact) mass is 224 g/mol. The fraction of sp³-hybridized carbons (Fsp3) is 0.333. The number of hydrogen-bond donors (Lipinski definition) is 0. The smallest absolute Gasteiger partial charge is 0.0413 e. The highest BCUT2D eigenvalue weighted by molar-refractivity contribution is 7.17. The molecule has 0 radical (unpaired) electrons. The lowest BCUT2D eigenvalue weighted by Crippen LogP contribution is -1.81. The van der Waals surface area contributed by atoms with Crippen LogP contribution >= 0.6 is 22.9 Å². The molecule has 2 heteroatoms. The number of aryl methyl sites for hydroxylation is 1. The Morgan fingerprint density at radius 1 is 1.36 bits per heavy atom. The van der Waals surface area contributed by atoms with E-state index >= 15 is 0 Å². The van der Waals surface area contributed by atoms with E-state index in [1.165, 1.54) is 34.9 Å². The maximum absolute atomic E-state index is 5.99. The fourth-order valence-electron chi connectivity index (χ4n) is 1.61. The minimum atomic E-state index is 0.841. The average Bonchev–Trinajstić information content (AvgIpc) is 2.57. The lowest BCUT2D eigenvalue weighted by molar-refractivity contribution is 0.800. The molecule has 0 saturated heterocycles. The summed E-state index contributed by atoms with van der Waals surface area (Å²) in [6, 6.07) is 6.15. The van der Waals surface area contributed by atoms with Crippen molar-refractivity contribution in [1.29, 1.82) is 0 Å². The lowest BCUT2D eigenvalue weighted by Gasteiger charge is -1.97. The van der Waals surface area contributed by atoms with E-state index < -0.39 is 0 Å². The predicted molar refractivity (Wildman–Crippen MR) is 65.4 cm³/mol. The van der Waals surface area contributed by atoms with Crippen molar-refractivity contribution in [2.24, 2.45) is 0 Å². The Morgan fingerprint density at radius 3 is 3.00 bits per heavy atom. The molecule has 0 amide bonds. The maximum atomic E-state index is 5.99. The molecule has 0 aliphatic heterocycles. The summed E-state index contributed by atoms with van der Waals surface area (Å²) in [5.74, 6) is 0. The molecule has 0 saturated carbocycles. The van der Waals surface area contributed by atoms with Gasteiger partial charge < -0.3 is 0 Å². The number of rotatable bonds is 3. The second-order valence-corrected chi connectivity index (χ2v) is 4.85. The van der Waals surface area contributed by atoms with E-state index in [0.717, 1.165) is 5.02 Å². The van der Waals surface area contributed by atoms with Crippen LogP contribution in [0.5, 0.6) is 0 Å². The number of unbranched alkanes of at least 4 members (excludes halogenated alkanes) is 1. The zero-order chi connectivity index (χ0) is 9.97. The van der Waals surface area contributed by atoms with Gasteiger partial charge >= 0.3 is 0 Å². The zero-order valence-electron chi connectivity index (χ0n) is 8.22. The fourth-order valence-corrected chi connectivity index (χ4v) is 2.76. The van der Waals surface area contributed by atoms with Crippen molar-refractivity contribution in [2.45, 2.75) is 26.2 Å². The summed E-state index contributed by atoms with van der Waals surface area (Å²) >= 11 is 7.80. The van der Waals surface area contributed by atoms with Gasteiger partial charge in [0.2, 0.25) is 0 Å². The Morgan fingerprint density at radius 2 is 2.21 bits per heavy atom. The predicted octanol–water partition coefficient (Wildman–Crippen LogP) is 4.90. The molecule has 0 unspecified atom stereocenters. The van der Waals surface area contributed by atoms with E-state index in [4.69, 9.17) is 11.6 Å². The molecule has 14 heavy (non-hydrogen) atoms. The summed E-state index contributed by atoms with van der Waals surface area (Å²) in [5.41, 5.74) is 1.45. The molecule has 0 N–H and O–H groups in total.